The zero-order valence-corrected chi connectivity index (χ0v) is 11.4. The molecule has 4 heteroatoms. The van der Waals surface area contributed by atoms with E-state index in [1.54, 1.807) is 6.07 Å². The van der Waals surface area contributed by atoms with E-state index in [0.29, 0.717) is 18.8 Å². The summed E-state index contributed by atoms with van der Waals surface area (Å²) in [7, 11) is 0. The Balaban J connectivity index is 1.93. The minimum Gasteiger partial charge on any atom is -0.490 e. The Morgan fingerprint density at radius 3 is 3.05 bits per heavy atom. The summed E-state index contributed by atoms with van der Waals surface area (Å²) < 4.78 is 24.9. The van der Waals surface area contributed by atoms with Gasteiger partial charge in [-0.2, -0.15) is 0 Å². The first-order chi connectivity index (χ1) is 9.16. The van der Waals surface area contributed by atoms with Gasteiger partial charge in [0.25, 0.3) is 0 Å². The van der Waals surface area contributed by atoms with Crippen LogP contribution in [0.3, 0.4) is 0 Å². The van der Waals surface area contributed by atoms with Crippen molar-refractivity contribution in [1.82, 2.24) is 0 Å². The average molecular weight is 267 g/mol. The fourth-order valence-corrected chi connectivity index (χ4v) is 2.39. The van der Waals surface area contributed by atoms with Crippen molar-refractivity contribution in [1.29, 1.82) is 0 Å². The van der Waals surface area contributed by atoms with Gasteiger partial charge in [-0.05, 0) is 37.8 Å². The molecule has 1 aliphatic rings. The van der Waals surface area contributed by atoms with Crippen LogP contribution in [0.15, 0.2) is 18.2 Å². The molecule has 0 aromatic heterocycles. The Bertz CT molecular complexity index is 403. The van der Waals surface area contributed by atoms with E-state index in [9.17, 15) is 4.39 Å². The van der Waals surface area contributed by atoms with Crippen molar-refractivity contribution in [2.24, 2.45) is 5.73 Å². The first-order valence-corrected chi connectivity index (χ1v) is 6.94. The highest BCUT2D eigenvalue weighted by atomic mass is 19.1. The molecular formula is C15H22FNO2. The van der Waals surface area contributed by atoms with Crippen LogP contribution in [0.5, 0.6) is 5.75 Å². The molecular weight excluding hydrogens is 245 g/mol. The number of para-hydroxylation sites is 1. The van der Waals surface area contributed by atoms with Crippen LogP contribution in [0.4, 0.5) is 4.39 Å². The summed E-state index contributed by atoms with van der Waals surface area (Å²) in [6, 6.07) is 4.97. The number of nitrogens with two attached hydrogens (primary N) is 1. The molecule has 1 aromatic carbocycles. The number of benzene rings is 1. The van der Waals surface area contributed by atoms with Crippen molar-refractivity contribution in [3.05, 3.63) is 29.6 Å². The zero-order valence-electron chi connectivity index (χ0n) is 11.4. The van der Waals surface area contributed by atoms with E-state index in [1.165, 1.54) is 6.07 Å². The van der Waals surface area contributed by atoms with Gasteiger partial charge < -0.3 is 15.2 Å². The maximum absolute atomic E-state index is 13.8. The predicted octanol–water partition coefficient (Wildman–Crippen LogP) is 2.66. The third-order valence-corrected chi connectivity index (χ3v) is 3.30. The second-order valence-electron chi connectivity index (χ2n) is 5.18. The van der Waals surface area contributed by atoms with Gasteiger partial charge in [-0.15, -0.1) is 0 Å². The van der Waals surface area contributed by atoms with Gasteiger partial charge >= 0.3 is 0 Å². The summed E-state index contributed by atoms with van der Waals surface area (Å²) in [4.78, 5) is 0. The van der Waals surface area contributed by atoms with Gasteiger partial charge in [0.1, 0.15) is 0 Å². The van der Waals surface area contributed by atoms with E-state index < -0.39 is 0 Å². The Morgan fingerprint density at radius 2 is 2.37 bits per heavy atom. The Labute approximate surface area is 113 Å². The quantitative estimate of drug-likeness (QED) is 0.861. The minimum atomic E-state index is -0.314. The van der Waals surface area contributed by atoms with Crippen LogP contribution in [0, 0.1) is 5.82 Å². The maximum atomic E-state index is 13.8. The predicted molar refractivity (Wildman–Crippen MR) is 72.8 cm³/mol. The van der Waals surface area contributed by atoms with Crippen molar-refractivity contribution in [2.75, 3.05) is 13.2 Å². The summed E-state index contributed by atoms with van der Waals surface area (Å²) in [5.74, 6) is 0.0308. The van der Waals surface area contributed by atoms with Crippen LogP contribution < -0.4 is 10.5 Å². The summed E-state index contributed by atoms with van der Waals surface area (Å²) in [6.45, 7) is 3.22. The minimum absolute atomic E-state index is 0.0117. The van der Waals surface area contributed by atoms with Crippen molar-refractivity contribution >= 4 is 0 Å². The third-order valence-electron chi connectivity index (χ3n) is 3.30. The number of hydrogen-bond donors (Lipinski definition) is 1. The molecule has 1 aromatic rings. The Hall–Kier alpha value is -1.13. The van der Waals surface area contributed by atoms with E-state index in [-0.39, 0.29) is 18.0 Å². The summed E-state index contributed by atoms with van der Waals surface area (Å²) in [6.07, 6.45) is 3.88. The molecule has 0 aliphatic carbocycles. The van der Waals surface area contributed by atoms with E-state index >= 15 is 0 Å². The lowest BCUT2D eigenvalue weighted by Crippen LogP contribution is -2.19. The molecule has 2 unspecified atom stereocenters. The average Bonchev–Trinajstić information content (AvgIpc) is 2.85. The molecule has 106 valence electrons. The fourth-order valence-electron chi connectivity index (χ4n) is 2.39. The molecule has 1 aliphatic heterocycles. The molecule has 1 fully saturated rings. The van der Waals surface area contributed by atoms with Crippen molar-refractivity contribution in [3.63, 3.8) is 0 Å². The van der Waals surface area contributed by atoms with Crippen LogP contribution in [0.1, 0.15) is 31.7 Å². The number of halogens is 1. The first-order valence-electron chi connectivity index (χ1n) is 6.94. The standard InChI is InChI=1S/C15H22FNO2/c1-11(17)10-12-4-2-6-14(16)15(12)19-9-7-13-5-3-8-18-13/h2,4,6,11,13H,3,5,7-10,17H2,1H3. The SMILES string of the molecule is CC(N)Cc1cccc(F)c1OCCC1CCCO1. The highest BCUT2D eigenvalue weighted by molar-refractivity contribution is 5.35. The van der Waals surface area contributed by atoms with Crippen LogP contribution >= 0.6 is 0 Å². The molecule has 0 radical (unpaired) electrons. The molecule has 0 bridgehead atoms. The fraction of sp³-hybridized carbons (Fsp3) is 0.600. The molecule has 2 N–H and O–H groups in total. The first kappa shape index (κ1) is 14.3. The summed E-state index contributed by atoms with van der Waals surface area (Å²) >= 11 is 0. The smallest absolute Gasteiger partial charge is 0.165 e. The van der Waals surface area contributed by atoms with Crippen LogP contribution in [-0.4, -0.2) is 25.4 Å². The maximum Gasteiger partial charge on any atom is 0.165 e. The topological polar surface area (TPSA) is 44.5 Å². The normalized spacial score (nSPS) is 20.5. The van der Waals surface area contributed by atoms with Gasteiger partial charge in [0.05, 0.1) is 12.7 Å². The van der Waals surface area contributed by atoms with Gasteiger partial charge in [0, 0.05) is 19.1 Å². The third kappa shape index (κ3) is 4.18. The highest BCUT2D eigenvalue weighted by Crippen LogP contribution is 2.24. The second-order valence-corrected chi connectivity index (χ2v) is 5.18. The van der Waals surface area contributed by atoms with E-state index in [2.05, 4.69) is 0 Å². The molecule has 2 atom stereocenters. The lowest BCUT2D eigenvalue weighted by Gasteiger charge is -2.15. The second kappa shape index (κ2) is 6.87. The van der Waals surface area contributed by atoms with E-state index in [0.717, 1.165) is 31.4 Å². The summed E-state index contributed by atoms with van der Waals surface area (Å²) in [5.41, 5.74) is 6.61. The van der Waals surface area contributed by atoms with E-state index in [4.69, 9.17) is 15.2 Å². The van der Waals surface area contributed by atoms with Crippen LogP contribution in [0.2, 0.25) is 0 Å². The van der Waals surface area contributed by atoms with Crippen molar-refractivity contribution in [2.45, 2.75) is 44.8 Å². The lowest BCUT2D eigenvalue weighted by molar-refractivity contribution is 0.0895. The van der Waals surface area contributed by atoms with Gasteiger partial charge in [0.15, 0.2) is 11.6 Å². The van der Waals surface area contributed by atoms with Gasteiger partial charge in [-0.25, -0.2) is 4.39 Å². The Kier molecular flexibility index (Phi) is 5.16. The van der Waals surface area contributed by atoms with Gasteiger partial charge in [-0.1, -0.05) is 12.1 Å². The van der Waals surface area contributed by atoms with Crippen molar-refractivity contribution in [3.8, 4) is 5.75 Å². The molecule has 1 saturated heterocycles. The van der Waals surface area contributed by atoms with Crippen LogP contribution in [-0.2, 0) is 11.2 Å². The van der Waals surface area contributed by atoms with Gasteiger partial charge in [0.2, 0.25) is 0 Å². The molecule has 1 heterocycles. The van der Waals surface area contributed by atoms with Crippen LogP contribution in [0.25, 0.3) is 0 Å². The van der Waals surface area contributed by atoms with E-state index in [1.807, 2.05) is 13.0 Å². The number of ether oxygens (including phenoxy) is 2. The molecule has 3 nitrogen and oxygen atoms in total. The number of rotatable bonds is 6. The monoisotopic (exact) mass is 267 g/mol. The summed E-state index contributed by atoms with van der Waals surface area (Å²) in [5, 5.41) is 0. The largest absolute Gasteiger partial charge is 0.490 e. The molecule has 2 rings (SSSR count). The molecule has 19 heavy (non-hydrogen) atoms. The highest BCUT2D eigenvalue weighted by Gasteiger charge is 2.16. The van der Waals surface area contributed by atoms with Crippen molar-refractivity contribution < 1.29 is 13.9 Å². The molecule has 0 spiro atoms. The molecule has 0 amide bonds. The number of hydrogen-bond acceptors (Lipinski definition) is 3. The zero-order chi connectivity index (χ0) is 13.7. The molecule has 0 saturated carbocycles. The lowest BCUT2D eigenvalue weighted by atomic mass is 10.1. The van der Waals surface area contributed by atoms with Gasteiger partial charge in [-0.3, -0.25) is 0 Å². The Morgan fingerprint density at radius 1 is 1.53 bits per heavy atom.